The van der Waals surface area contributed by atoms with Crippen molar-refractivity contribution < 1.29 is 22.0 Å². The van der Waals surface area contributed by atoms with Crippen LogP contribution in [0.1, 0.15) is 30.0 Å². The molecule has 1 fully saturated rings. The van der Waals surface area contributed by atoms with E-state index in [1.165, 1.54) is 15.4 Å². The van der Waals surface area contributed by atoms with Crippen LogP contribution < -0.4 is 0 Å². The first-order chi connectivity index (χ1) is 15.3. The molecule has 1 atom stereocenters. The van der Waals surface area contributed by atoms with E-state index in [-0.39, 0.29) is 31.6 Å². The number of nitrogens with zero attached hydrogens (tertiary/aromatic N) is 3. The van der Waals surface area contributed by atoms with Crippen molar-refractivity contribution in [2.24, 2.45) is 0 Å². The van der Waals surface area contributed by atoms with E-state index < -0.39 is 26.6 Å². The zero-order chi connectivity index (χ0) is 22.9. The molecule has 1 aliphatic carbocycles. The minimum atomic E-state index is -4.06. The van der Waals surface area contributed by atoms with Crippen molar-refractivity contribution in [1.29, 1.82) is 0 Å². The molecule has 1 saturated heterocycles. The van der Waals surface area contributed by atoms with Crippen LogP contribution in [0.25, 0.3) is 0 Å². The fourth-order valence-electron chi connectivity index (χ4n) is 4.56. The van der Waals surface area contributed by atoms with Gasteiger partial charge in [0.15, 0.2) is 0 Å². The molecule has 2 aromatic rings. The van der Waals surface area contributed by atoms with Gasteiger partial charge in [-0.05, 0) is 42.5 Å². The van der Waals surface area contributed by atoms with E-state index in [1.54, 1.807) is 4.90 Å². The number of hydrogen-bond acceptors (Lipinski definition) is 4. The molecule has 0 saturated carbocycles. The molecular formula is C23H27F2N3O3S. The molecular weight excluding hydrogens is 436 g/mol. The quantitative estimate of drug-likeness (QED) is 0.684. The van der Waals surface area contributed by atoms with Gasteiger partial charge in [0, 0.05) is 39.3 Å². The molecule has 6 nitrogen and oxygen atoms in total. The molecule has 1 aliphatic heterocycles. The normalized spacial score (nSPS) is 20.0. The van der Waals surface area contributed by atoms with Crippen molar-refractivity contribution in [3.05, 3.63) is 65.2 Å². The summed E-state index contributed by atoms with van der Waals surface area (Å²) in [5.41, 5.74) is 2.49. The Kier molecular flexibility index (Phi) is 6.60. The van der Waals surface area contributed by atoms with Gasteiger partial charge < -0.3 is 4.90 Å². The summed E-state index contributed by atoms with van der Waals surface area (Å²) in [4.78, 5) is 16.2. The lowest BCUT2D eigenvalue weighted by molar-refractivity contribution is -0.133. The lowest BCUT2D eigenvalue weighted by Gasteiger charge is -2.37. The maximum absolute atomic E-state index is 14.0. The molecule has 2 aromatic carbocycles. The van der Waals surface area contributed by atoms with Crippen molar-refractivity contribution >= 4 is 15.9 Å². The number of rotatable bonds is 5. The van der Waals surface area contributed by atoms with Crippen molar-refractivity contribution in [3.63, 3.8) is 0 Å². The Morgan fingerprint density at radius 2 is 1.81 bits per heavy atom. The van der Waals surface area contributed by atoms with E-state index in [4.69, 9.17) is 0 Å². The SMILES string of the molecule is CN(C(=O)CN1CCN(S(=O)(=O)c2ccc(F)cc2F)CC1)C1CCCc2ccccc21. The van der Waals surface area contributed by atoms with Crippen molar-refractivity contribution in [3.8, 4) is 0 Å². The second-order valence-electron chi connectivity index (χ2n) is 8.37. The van der Waals surface area contributed by atoms with Crippen LogP contribution in [-0.4, -0.2) is 68.2 Å². The lowest BCUT2D eigenvalue weighted by atomic mass is 9.87. The number of carbonyl (C=O) groups excluding carboxylic acids is 1. The van der Waals surface area contributed by atoms with Gasteiger partial charge in [0.25, 0.3) is 0 Å². The number of piperazine rings is 1. The highest BCUT2D eigenvalue weighted by atomic mass is 32.2. The highest BCUT2D eigenvalue weighted by Gasteiger charge is 2.32. The molecule has 0 spiro atoms. The van der Waals surface area contributed by atoms with Gasteiger partial charge in [0.1, 0.15) is 16.5 Å². The average Bonchev–Trinajstić information content (AvgIpc) is 2.78. The van der Waals surface area contributed by atoms with E-state index in [0.29, 0.717) is 19.2 Å². The maximum Gasteiger partial charge on any atom is 0.246 e. The predicted octanol–water partition coefficient (Wildman–Crippen LogP) is 2.81. The Morgan fingerprint density at radius 1 is 1.09 bits per heavy atom. The second-order valence-corrected chi connectivity index (χ2v) is 10.3. The first-order valence-corrected chi connectivity index (χ1v) is 12.2. The van der Waals surface area contributed by atoms with Crippen molar-refractivity contribution in [2.45, 2.75) is 30.2 Å². The molecule has 0 radical (unpaired) electrons. The van der Waals surface area contributed by atoms with Crippen LogP contribution >= 0.6 is 0 Å². The number of hydrogen-bond donors (Lipinski definition) is 0. The minimum Gasteiger partial charge on any atom is -0.338 e. The summed E-state index contributed by atoms with van der Waals surface area (Å²) < 4.78 is 53.8. The van der Waals surface area contributed by atoms with Crippen LogP contribution in [0.15, 0.2) is 47.4 Å². The van der Waals surface area contributed by atoms with E-state index in [1.807, 2.05) is 24.1 Å². The Bertz CT molecular complexity index is 1100. The number of sulfonamides is 1. The monoisotopic (exact) mass is 463 g/mol. The average molecular weight is 464 g/mol. The van der Waals surface area contributed by atoms with Crippen LogP contribution in [0, 0.1) is 11.6 Å². The first kappa shape index (κ1) is 22.8. The topological polar surface area (TPSA) is 60.9 Å². The van der Waals surface area contributed by atoms with E-state index in [9.17, 15) is 22.0 Å². The zero-order valence-electron chi connectivity index (χ0n) is 18.0. The summed E-state index contributed by atoms with van der Waals surface area (Å²) in [7, 11) is -2.23. The highest BCUT2D eigenvalue weighted by Crippen LogP contribution is 2.33. The summed E-state index contributed by atoms with van der Waals surface area (Å²) >= 11 is 0. The molecule has 9 heteroatoms. The van der Waals surface area contributed by atoms with Crippen LogP contribution in [0.3, 0.4) is 0 Å². The van der Waals surface area contributed by atoms with E-state index in [2.05, 4.69) is 12.1 Å². The number of likely N-dealkylation sites (N-methyl/N-ethyl adjacent to an activating group) is 1. The fraction of sp³-hybridized carbons (Fsp3) is 0.435. The summed E-state index contributed by atoms with van der Waals surface area (Å²) in [6.07, 6.45) is 2.99. The summed E-state index contributed by atoms with van der Waals surface area (Å²) in [6.45, 7) is 1.21. The lowest BCUT2D eigenvalue weighted by Crippen LogP contribution is -2.51. The van der Waals surface area contributed by atoms with Gasteiger partial charge in [-0.15, -0.1) is 0 Å². The Morgan fingerprint density at radius 3 is 2.53 bits per heavy atom. The molecule has 172 valence electrons. The third kappa shape index (κ3) is 4.55. The minimum absolute atomic E-state index is 0.00686. The molecule has 1 unspecified atom stereocenters. The number of amides is 1. The molecule has 2 aliphatic rings. The first-order valence-electron chi connectivity index (χ1n) is 10.8. The Labute approximate surface area is 187 Å². The van der Waals surface area contributed by atoms with Gasteiger partial charge in [-0.25, -0.2) is 17.2 Å². The van der Waals surface area contributed by atoms with Crippen molar-refractivity contribution in [2.75, 3.05) is 39.8 Å². The molecule has 4 rings (SSSR count). The number of carbonyl (C=O) groups is 1. The summed E-state index contributed by atoms with van der Waals surface area (Å²) in [5.74, 6) is -1.93. The fourth-order valence-corrected chi connectivity index (χ4v) is 6.03. The second kappa shape index (κ2) is 9.25. The van der Waals surface area contributed by atoms with Crippen molar-refractivity contribution in [1.82, 2.24) is 14.1 Å². The van der Waals surface area contributed by atoms with Gasteiger partial charge >= 0.3 is 0 Å². The molecule has 0 aromatic heterocycles. The molecule has 1 amide bonds. The third-order valence-corrected chi connectivity index (χ3v) is 8.33. The van der Waals surface area contributed by atoms with Crippen LogP contribution in [0.5, 0.6) is 0 Å². The summed E-state index contributed by atoms with van der Waals surface area (Å²) in [6, 6.07) is 10.7. The largest absolute Gasteiger partial charge is 0.338 e. The van der Waals surface area contributed by atoms with E-state index in [0.717, 1.165) is 31.4 Å². The van der Waals surface area contributed by atoms with Gasteiger partial charge in [0.05, 0.1) is 12.6 Å². The number of aryl methyl sites for hydroxylation is 1. The molecule has 32 heavy (non-hydrogen) atoms. The van der Waals surface area contributed by atoms with Gasteiger partial charge in [-0.2, -0.15) is 4.31 Å². The highest BCUT2D eigenvalue weighted by molar-refractivity contribution is 7.89. The number of halogens is 2. The van der Waals surface area contributed by atoms with Gasteiger partial charge in [0.2, 0.25) is 15.9 Å². The Balaban J connectivity index is 1.36. The van der Waals surface area contributed by atoms with E-state index >= 15 is 0 Å². The van der Waals surface area contributed by atoms with Crippen LogP contribution in [0.4, 0.5) is 8.78 Å². The smallest absolute Gasteiger partial charge is 0.246 e. The van der Waals surface area contributed by atoms with Crippen LogP contribution in [-0.2, 0) is 21.2 Å². The maximum atomic E-state index is 14.0. The molecule has 1 heterocycles. The van der Waals surface area contributed by atoms with Crippen LogP contribution in [0.2, 0.25) is 0 Å². The third-order valence-electron chi connectivity index (χ3n) is 6.40. The van der Waals surface area contributed by atoms with Gasteiger partial charge in [-0.3, -0.25) is 9.69 Å². The number of benzene rings is 2. The predicted molar refractivity (Wildman–Crippen MR) is 116 cm³/mol. The van der Waals surface area contributed by atoms with Gasteiger partial charge in [-0.1, -0.05) is 24.3 Å². The number of fused-ring (bicyclic) bond motifs is 1. The molecule has 0 N–H and O–H groups in total. The summed E-state index contributed by atoms with van der Waals surface area (Å²) in [5, 5.41) is 0. The zero-order valence-corrected chi connectivity index (χ0v) is 18.8. The Hall–Kier alpha value is -2.36. The molecule has 0 bridgehead atoms. The standard InChI is InChI=1S/C23H27F2N3O3S/c1-26(21-8-4-6-17-5-2-3-7-19(17)21)23(29)16-27-11-13-28(14-12-27)32(30,31)22-10-9-18(24)15-20(22)25/h2-3,5,7,9-10,15,21H,4,6,8,11-14,16H2,1H3.